The Labute approximate surface area is 113 Å². The zero-order chi connectivity index (χ0) is 14.0. The SMILES string of the molecule is Cc1ccc(C(=O)NCC2(O)CCOC2C)cc1C. The first-order valence-electron chi connectivity index (χ1n) is 6.62. The van der Waals surface area contributed by atoms with Gasteiger partial charge >= 0.3 is 0 Å². The highest BCUT2D eigenvalue weighted by molar-refractivity contribution is 5.94. The lowest BCUT2D eigenvalue weighted by atomic mass is 9.96. The van der Waals surface area contributed by atoms with Gasteiger partial charge in [-0.2, -0.15) is 0 Å². The minimum absolute atomic E-state index is 0.157. The van der Waals surface area contributed by atoms with Crippen molar-refractivity contribution in [3.63, 3.8) is 0 Å². The molecule has 2 rings (SSSR count). The van der Waals surface area contributed by atoms with Crippen LogP contribution in [0.25, 0.3) is 0 Å². The normalized spacial score (nSPS) is 26.4. The van der Waals surface area contributed by atoms with E-state index in [1.54, 1.807) is 6.07 Å². The summed E-state index contributed by atoms with van der Waals surface area (Å²) in [5.74, 6) is -0.157. The largest absolute Gasteiger partial charge is 0.385 e. The summed E-state index contributed by atoms with van der Waals surface area (Å²) in [5, 5.41) is 13.1. The summed E-state index contributed by atoms with van der Waals surface area (Å²) in [4.78, 5) is 12.1. The van der Waals surface area contributed by atoms with Crippen LogP contribution in [0, 0.1) is 13.8 Å². The Balaban J connectivity index is 1.99. The van der Waals surface area contributed by atoms with Crippen LogP contribution in [0.3, 0.4) is 0 Å². The van der Waals surface area contributed by atoms with Gasteiger partial charge in [-0.3, -0.25) is 4.79 Å². The van der Waals surface area contributed by atoms with Gasteiger partial charge in [0.25, 0.3) is 5.91 Å². The molecular weight excluding hydrogens is 242 g/mol. The first-order chi connectivity index (χ1) is 8.92. The van der Waals surface area contributed by atoms with Crippen molar-refractivity contribution in [1.29, 1.82) is 0 Å². The molecular formula is C15H21NO3. The van der Waals surface area contributed by atoms with E-state index in [0.717, 1.165) is 11.1 Å². The Hall–Kier alpha value is -1.39. The van der Waals surface area contributed by atoms with Crippen LogP contribution in [0.2, 0.25) is 0 Å². The molecule has 1 saturated heterocycles. The summed E-state index contributed by atoms with van der Waals surface area (Å²) in [7, 11) is 0. The number of aliphatic hydroxyl groups is 1. The van der Waals surface area contributed by atoms with Crippen molar-refractivity contribution >= 4 is 5.91 Å². The summed E-state index contributed by atoms with van der Waals surface area (Å²) in [6.07, 6.45) is 0.314. The van der Waals surface area contributed by atoms with Crippen molar-refractivity contribution in [1.82, 2.24) is 5.32 Å². The van der Waals surface area contributed by atoms with Crippen molar-refractivity contribution in [3.05, 3.63) is 34.9 Å². The van der Waals surface area contributed by atoms with E-state index < -0.39 is 5.60 Å². The van der Waals surface area contributed by atoms with Crippen LogP contribution >= 0.6 is 0 Å². The molecule has 19 heavy (non-hydrogen) atoms. The van der Waals surface area contributed by atoms with Crippen molar-refractivity contribution in [3.8, 4) is 0 Å². The highest BCUT2D eigenvalue weighted by Gasteiger charge is 2.39. The molecule has 4 nitrogen and oxygen atoms in total. The number of nitrogens with one attached hydrogen (secondary N) is 1. The second-order valence-corrected chi connectivity index (χ2v) is 5.35. The molecule has 0 aliphatic carbocycles. The Bertz CT molecular complexity index is 486. The zero-order valence-electron chi connectivity index (χ0n) is 11.7. The summed E-state index contributed by atoms with van der Waals surface area (Å²) < 4.78 is 5.34. The molecule has 104 valence electrons. The number of hydrogen-bond donors (Lipinski definition) is 2. The van der Waals surface area contributed by atoms with Crippen LogP contribution in [-0.4, -0.2) is 35.9 Å². The van der Waals surface area contributed by atoms with Gasteiger partial charge in [-0.15, -0.1) is 0 Å². The molecule has 1 aliphatic heterocycles. The first kappa shape index (κ1) is 14.0. The molecule has 1 aliphatic rings. The van der Waals surface area contributed by atoms with Crippen LogP contribution in [0.1, 0.15) is 34.8 Å². The third kappa shape index (κ3) is 2.96. The van der Waals surface area contributed by atoms with E-state index in [0.29, 0.717) is 18.6 Å². The van der Waals surface area contributed by atoms with Gasteiger partial charge in [0.2, 0.25) is 0 Å². The van der Waals surface area contributed by atoms with Gasteiger partial charge in [0.1, 0.15) is 5.60 Å². The Morgan fingerprint density at radius 2 is 2.21 bits per heavy atom. The van der Waals surface area contributed by atoms with Gasteiger partial charge in [0.15, 0.2) is 0 Å². The lowest BCUT2D eigenvalue weighted by Gasteiger charge is -2.26. The molecule has 0 aromatic heterocycles. The number of amides is 1. The first-order valence-corrected chi connectivity index (χ1v) is 6.62. The number of hydrogen-bond acceptors (Lipinski definition) is 3. The van der Waals surface area contributed by atoms with Crippen molar-refractivity contribution in [2.75, 3.05) is 13.2 Å². The zero-order valence-corrected chi connectivity index (χ0v) is 11.7. The molecule has 0 radical (unpaired) electrons. The molecule has 0 saturated carbocycles. The smallest absolute Gasteiger partial charge is 0.251 e. The van der Waals surface area contributed by atoms with E-state index in [2.05, 4.69) is 5.32 Å². The summed E-state index contributed by atoms with van der Waals surface area (Å²) in [6.45, 7) is 6.58. The van der Waals surface area contributed by atoms with Gasteiger partial charge in [0.05, 0.1) is 6.10 Å². The topological polar surface area (TPSA) is 58.6 Å². The number of aryl methyl sites for hydroxylation is 2. The summed E-state index contributed by atoms with van der Waals surface area (Å²) in [6, 6.07) is 5.60. The molecule has 0 spiro atoms. The molecule has 1 heterocycles. The minimum Gasteiger partial charge on any atom is -0.385 e. The van der Waals surface area contributed by atoms with Gasteiger partial charge in [-0.25, -0.2) is 0 Å². The monoisotopic (exact) mass is 263 g/mol. The summed E-state index contributed by atoms with van der Waals surface area (Å²) >= 11 is 0. The second-order valence-electron chi connectivity index (χ2n) is 5.35. The van der Waals surface area contributed by atoms with Crippen LogP contribution in [0.5, 0.6) is 0 Å². The van der Waals surface area contributed by atoms with Crippen molar-refractivity contribution in [2.24, 2.45) is 0 Å². The maximum absolute atomic E-state index is 12.1. The van der Waals surface area contributed by atoms with E-state index in [4.69, 9.17) is 4.74 Å². The Morgan fingerprint density at radius 1 is 1.47 bits per heavy atom. The highest BCUT2D eigenvalue weighted by Crippen LogP contribution is 2.24. The number of carbonyl (C=O) groups is 1. The molecule has 4 heteroatoms. The third-order valence-electron chi connectivity index (χ3n) is 3.98. The van der Waals surface area contributed by atoms with E-state index in [1.807, 2.05) is 32.9 Å². The molecule has 0 bridgehead atoms. The average Bonchev–Trinajstić information content (AvgIpc) is 2.71. The Kier molecular flexibility index (Phi) is 3.92. The molecule has 2 N–H and O–H groups in total. The predicted octanol–water partition coefficient (Wildman–Crippen LogP) is 1.57. The van der Waals surface area contributed by atoms with Gasteiger partial charge in [-0.1, -0.05) is 6.07 Å². The fourth-order valence-corrected chi connectivity index (χ4v) is 2.22. The third-order valence-corrected chi connectivity index (χ3v) is 3.98. The summed E-state index contributed by atoms with van der Waals surface area (Å²) in [5.41, 5.74) is 1.92. The lowest BCUT2D eigenvalue weighted by molar-refractivity contribution is -0.0251. The van der Waals surface area contributed by atoms with E-state index in [-0.39, 0.29) is 18.6 Å². The van der Waals surface area contributed by atoms with E-state index >= 15 is 0 Å². The van der Waals surface area contributed by atoms with Gasteiger partial charge in [-0.05, 0) is 44.0 Å². The quantitative estimate of drug-likeness (QED) is 0.870. The lowest BCUT2D eigenvalue weighted by Crippen LogP contribution is -2.47. The minimum atomic E-state index is -0.949. The van der Waals surface area contributed by atoms with E-state index in [1.165, 1.54) is 0 Å². The van der Waals surface area contributed by atoms with Gasteiger partial charge in [0, 0.05) is 25.1 Å². The fraction of sp³-hybridized carbons (Fsp3) is 0.533. The van der Waals surface area contributed by atoms with Crippen molar-refractivity contribution in [2.45, 2.75) is 38.9 Å². The standard InChI is InChI=1S/C15H21NO3/c1-10-4-5-13(8-11(10)2)14(17)16-9-15(18)6-7-19-12(15)3/h4-5,8,12,18H,6-7,9H2,1-3H3,(H,16,17). The van der Waals surface area contributed by atoms with Crippen LogP contribution in [0.4, 0.5) is 0 Å². The number of benzene rings is 1. The number of rotatable bonds is 3. The fourth-order valence-electron chi connectivity index (χ4n) is 2.22. The average molecular weight is 263 g/mol. The maximum Gasteiger partial charge on any atom is 0.251 e. The number of ether oxygens (including phenoxy) is 1. The Morgan fingerprint density at radius 3 is 2.79 bits per heavy atom. The van der Waals surface area contributed by atoms with Crippen LogP contribution in [-0.2, 0) is 4.74 Å². The van der Waals surface area contributed by atoms with E-state index in [9.17, 15) is 9.90 Å². The second kappa shape index (κ2) is 5.31. The molecule has 1 fully saturated rings. The van der Waals surface area contributed by atoms with Crippen LogP contribution < -0.4 is 5.32 Å². The molecule has 1 amide bonds. The van der Waals surface area contributed by atoms with Gasteiger partial charge < -0.3 is 15.2 Å². The van der Waals surface area contributed by atoms with Crippen molar-refractivity contribution < 1.29 is 14.6 Å². The maximum atomic E-state index is 12.1. The number of carbonyl (C=O) groups excluding carboxylic acids is 1. The highest BCUT2D eigenvalue weighted by atomic mass is 16.5. The molecule has 1 aromatic carbocycles. The molecule has 2 atom stereocenters. The molecule has 1 aromatic rings. The van der Waals surface area contributed by atoms with Crippen LogP contribution in [0.15, 0.2) is 18.2 Å². The molecule has 2 unspecified atom stereocenters. The predicted molar refractivity (Wildman–Crippen MR) is 73.2 cm³/mol.